The highest BCUT2D eigenvalue weighted by atomic mass is 16.3. The second-order valence-electron chi connectivity index (χ2n) is 12.9. The standard InChI is InChI=1S/C44H24N4O/c1-2-13-26(14-3-1)42-45-43(39-30-18-8-11-21-36(30)49-44(39)46-42)47-34-20-10-7-17-29(34)37-35(47)24-32-28-16-6-9-19-33(28)48-40-27-15-5-4-12-25(27)22-23-31(40)38(37)41(32)48/h1-24H. The number of nitrogens with zero attached hydrogens (tertiary/aromatic N) is 4. The smallest absolute Gasteiger partial charge is 0.233 e. The van der Waals surface area contributed by atoms with Crippen LogP contribution in [0.1, 0.15) is 0 Å². The number of fused-ring (bicyclic) bond motifs is 15. The summed E-state index contributed by atoms with van der Waals surface area (Å²) in [6.07, 6.45) is 0. The Bertz CT molecular complexity index is 3330. The fourth-order valence-electron chi connectivity index (χ4n) is 8.47. The summed E-state index contributed by atoms with van der Waals surface area (Å²) in [7, 11) is 0. The van der Waals surface area contributed by atoms with Crippen molar-refractivity contribution < 1.29 is 4.42 Å². The van der Waals surface area contributed by atoms with E-state index in [1.54, 1.807) is 0 Å². The van der Waals surface area contributed by atoms with Gasteiger partial charge in [-0.15, -0.1) is 0 Å². The Kier molecular flexibility index (Phi) is 4.66. The molecule has 7 aromatic carbocycles. The maximum absolute atomic E-state index is 6.47. The Balaban J connectivity index is 1.36. The predicted octanol–water partition coefficient (Wildman–Crippen LogP) is 11.4. The van der Waals surface area contributed by atoms with Crippen molar-refractivity contribution in [2.24, 2.45) is 0 Å². The van der Waals surface area contributed by atoms with E-state index in [9.17, 15) is 0 Å². The van der Waals surface area contributed by atoms with Crippen LogP contribution >= 0.6 is 0 Å². The van der Waals surface area contributed by atoms with Gasteiger partial charge >= 0.3 is 0 Å². The highest BCUT2D eigenvalue weighted by Crippen LogP contribution is 2.48. The van der Waals surface area contributed by atoms with Crippen LogP contribution in [0.25, 0.3) is 110 Å². The van der Waals surface area contributed by atoms with Crippen LogP contribution in [0, 0.1) is 0 Å². The van der Waals surface area contributed by atoms with Gasteiger partial charge in [0.2, 0.25) is 5.71 Å². The fourth-order valence-corrected chi connectivity index (χ4v) is 8.47. The first-order valence-corrected chi connectivity index (χ1v) is 16.6. The largest absolute Gasteiger partial charge is 0.437 e. The van der Waals surface area contributed by atoms with E-state index < -0.39 is 0 Å². The molecule has 0 aliphatic carbocycles. The molecule has 0 aliphatic rings. The number of furan rings is 1. The first kappa shape index (κ1) is 25.4. The third-order valence-electron chi connectivity index (χ3n) is 10.5. The van der Waals surface area contributed by atoms with Gasteiger partial charge in [-0.2, -0.15) is 4.98 Å². The van der Waals surface area contributed by atoms with Gasteiger partial charge in [0, 0.05) is 48.7 Å². The summed E-state index contributed by atoms with van der Waals surface area (Å²) in [4.78, 5) is 10.4. The van der Waals surface area contributed by atoms with Crippen LogP contribution in [-0.4, -0.2) is 18.9 Å². The SMILES string of the molecule is c1ccc(-c2nc(-n3c4ccccc4c4c5c6ccc7ccccc7c6n6c7ccccc7c(cc43)c56)c3c(n2)oc2ccccc23)cc1. The lowest BCUT2D eigenvalue weighted by atomic mass is 10.00. The van der Waals surface area contributed by atoms with E-state index in [4.69, 9.17) is 14.4 Å². The van der Waals surface area contributed by atoms with Gasteiger partial charge in [0.05, 0.1) is 33.0 Å². The number of hydrogen-bond acceptors (Lipinski definition) is 3. The normalized spacial score (nSPS) is 12.5. The van der Waals surface area contributed by atoms with Crippen molar-refractivity contribution in [1.82, 2.24) is 18.9 Å². The van der Waals surface area contributed by atoms with Crippen LogP contribution in [0.5, 0.6) is 0 Å². The molecule has 5 aromatic heterocycles. The molecule has 0 atom stereocenters. The van der Waals surface area contributed by atoms with Crippen molar-refractivity contribution in [3.63, 3.8) is 0 Å². The Hall–Kier alpha value is -6.72. The Morgan fingerprint density at radius 1 is 0.449 bits per heavy atom. The van der Waals surface area contributed by atoms with Gasteiger partial charge in [0.25, 0.3) is 0 Å². The van der Waals surface area contributed by atoms with Crippen molar-refractivity contribution >= 4 is 92.7 Å². The molecule has 0 fully saturated rings. The van der Waals surface area contributed by atoms with Crippen LogP contribution in [-0.2, 0) is 0 Å². The molecule has 0 amide bonds. The van der Waals surface area contributed by atoms with E-state index in [-0.39, 0.29) is 0 Å². The molecule has 5 heterocycles. The molecule has 0 spiro atoms. The van der Waals surface area contributed by atoms with Crippen molar-refractivity contribution in [2.75, 3.05) is 0 Å². The molecule has 49 heavy (non-hydrogen) atoms. The number of aromatic nitrogens is 4. The Morgan fingerprint density at radius 3 is 2.04 bits per heavy atom. The van der Waals surface area contributed by atoms with E-state index in [1.165, 1.54) is 59.6 Å². The number of benzene rings is 7. The molecule has 5 heteroatoms. The highest BCUT2D eigenvalue weighted by Gasteiger charge is 2.27. The number of rotatable bonds is 2. The van der Waals surface area contributed by atoms with Crippen LogP contribution in [0.4, 0.5) is 0 Å². The first-order chi connectivity index (χ1) is 24.3. The molecule has 0 N–H and O–H groups in total. The molecular weight excluding hydrogens is 601 g/mol. The zero-order valence-electron chi connectivity index (χ0n) is 26.1. The minimum Gasteiger partial charge on any atom is -0.437 e. The van der Waals surface area contributed by atoms with E-state index in [0.29, 0.717) is 11.5 Å². The lowest BCUT2D eigenvalue weighted by molar-refractivity contribution is 0.653. The first-order valence-electron chi connectivity index (χ1n) is 16.6. The highest BCUT2D eigenvalue weighted by molar-refractivity contribution is 6.37. The van der Waals surface area contributed by atoms with Crippen LogP contribution in [0.2, 0.25) is 0 Å². The topological polar surface area (TPSA) is 48.3 Å². The predicted molar refractivity (Wildman–Crippen MR) is 201 cm³/mol. The third kappa shape index (κ3) is 3.15. The molecule has 0 saturated heterocycles. The maximum Gasteiger partial charge on any atom is 0.233 e. The van der Waals surface area contributed by atoms with Gasteiger partial charge in [-0.3, -0.25) is 4.57 Å². The van der Waals surface area contributed by atoms with Gasteiger partial charge in [-0.1, -0.05) is 121 Å². The fraction of sp³-hybridized carbons (Fsp3) is 0. The van der Waals surface area contributed by atoms with Gasteiger partial charge in [-0.05, 0) is 29.7 Å². The molecule has 0 unspecified atom stereocenters. The summed E-state index contributed by atoms with van der Waals surface area (Å²) < 4.78 is 11.3. The molecular formula is C44H24N4O. The minimum absolute atomic E-state index is 0.579. The van der Waals surface area contributed by atoms with E-state index in [1.807, 2.05) is 30.3 Å². The number of para-hydroxylation sites is 3. The summed E-state index contributed by atoms with van der Waals surface area (Å²) in [6.45, 7) is 0. The monoisotopic (exact) mass is 624 g/mol. The lowest BCUT2D eigenvalue weighted by Gasteiger charge is -2.11. The van der Waals surface area contributed by atoms with Gasteiger partial charge < -0.3 is 8.82 Å². The van der Waals surface area contributed by atoms with Crippen molar-refractivity contribution in [2.45, 2.75) is 0 Å². The van der Waals surface area contributed by atoms with Crippen molar-refractivity contribution in [3.8, 4) is 17.2 Å². The van der Waals surface area contributed by atoms with E-state index in [2.05, 4.69) is 124 Å². The Morgan fingerprint density at radius 2 is 1.16 bits per heavy atom. The molecule has 226 valence electrons. The van der Waals surface area contributed by atoms with Crippen LogP contribution in [0.15, 0.2) is 150 Å². The maximum atomic E-state index is 6.47. The second-order valence-corrected chi connectivity index (χ2v) is 12.9. The van der Waals surface area contributed by atoms with E-state index >= 15 is 0 Å². The molecule has 0 radical (unpaired) electrons. The summed E-state index contributed by atoms with van der Waals surface area (Å²) in [5.74, 6) is 1.44. The quantitative estimate of drug-likeness (QED) is 0.192. The van der Waals surface area contributed by atoms with Crippen molar-refractivity contribution in [3.05, 3.63) is 146 Å². The average Bonchev–Trinajstić information content (AvgIpc) is 3.90. The molecule has 0 bridgehead atoms. The average molecular weight is 625 g/mol. The molecule has 0 aliphatic heterocycles. The van der Waals surface area contributed by atoms with Gasteiger partial charge in [0.1, 0.15) is 5.58 Å². The van der Waals surface area contributed by atoms with Crippen LogP contribution in [0.3, 0.4) is 0 Å². The molecule has 5 nitrogen and oxygen atoms in total. The molecule has 12 rings (SSSR count). The summed E-state index contributed by atoms with van der Waals surface area (Å²) in [6, 6.07) is 51.6. The number of hydrogen-bond donors (Lipinski definition) is 0. The zero-order chi connectivity index (χ0) is 31.8. The summed E-state index contributed by atoms with van der Waals surface area (Å²) in [5, 5.41) is 11.8. The summed E-state index contributed by atoms with van der Waals surface area (Å²) in [5.41, 5.74) is 8.24. The third-order valence-corrected chi connectivity index (χ3v) is 10.5. The van der Waals surface area contributed by atoms with Gasteiger partial charge in [-0.25, -0.2) is 4.98 Å². The van der Waals surface area contributed by atoms with Crippen LogP contribution < -0.4 is 0 Å². The molecule has 0 saturated carbocycles. The summed E-state index contributed by atoms with van der Waals surface area (Å²) >= 11 is 0. The minimum atomic E-state index is 0.579. The van der Waals surface area contributed by atoms with Gasteiger partial charge in [0.15, 0.2) is 11.6 Å². The zero-order valence-corrected chi connectivity index (χ0v) is 26.1. The van der Waals surface area contributed by atoms with E-state index in [0.717, 1.165) is 38.8 Å². The molecule has 12 aromatic rings. The lowest BCUT2D eigenvalue weighted by Crippen LogP contribution is -2.02. The second kappa shape index (κ2) is 9.00. The van der Waals surface area contributed by atoms with Crippen molar-refractivity contribution in [1.29, 1.82) is 0 Å². The Labute approximate surface area is 278 Å².